The third-order valence-electron chi connectivity index (χ3n) is 5.20. The van der Waals surface area contributed by atoms with Gasteiger partial charge in [-0.1, -0.05) is 18.2 Å². The van der Waals surface area contributed by atoms with E-state index >= 15 is 0 Å². The fraction of sp³-hybridized carbons (Fsp3) is 0.125. The second kappa shape index (κ2) is 9.29. The Morgan fingerprint density at radius 2 is 1.89 bits per heavy atom. The van der Waals surface area contributed by atoms with Crippen LogP contribution in [0.2, 0.25) is 0 Å². The molecule has 0 amide bonds. The lowest BCUT2D eigenvalue weighted by molar-refractivity contribution is 0.335. The zero-order valence-corrected chi connectivity index (χ0v) is 18.5. The zero-order chi connectivity index (χ0) is 24.4. The van der Waals surface area contributed by atoms with Gasteiger partial charge in [-0.2, -0.15) is 5.10 Å². The van der Waals surface area contributed by atoms with Crippen molar-refractivity contribution in [1.82, 2.24) is 29.7 Å². The molecule has 2 N–H and O–H groups in total. The van der Waals surface area contributed by atoms with E-state index in [1.165, 1.54) is 17.2 Å². The summed E-state index contributed by atoms with van der Waals surface area (Å²) in [6.45, 7) is 1.88. The molecule has 0 aliphatic heterocycles. The Kier molecular flexibility index (Phi) is 5.88. The van der Waals surface area contributed by atoms with Crippen LogP contribution in [0.1, 0.15) is 12.5 Å². The van der Waals surface area contributed by atoms with Gasteiger partial charge >= 0.3 is 0 Å². The summed E-state index contributed by atoms with van der Waals surface area (Å²) >= 11 is 0. The summed E-state index contributed by atoms with van der Waals surface area (Å²) in [4.78, 5) is 16.5. The number of ether oxygens (including phenoxy) is 1. The van der Waals surface area contributed by atoms with E-state index in [1.807, 2.05) is 12.1 Å². The summed E-state index contributed by atoms with van der Waals surface area (Å²) in [5, 5.41) is 18.4. The molecule has 35 heavy (non-hydrogen) atoms. The lowest BCUT2D eigenvalue weighted by atomic mass is 10.1. The molecular formula is C24H19F2N7O2. The molecule has 0 aliphatic carbocycles. The molecule has 0 bridgehead atoms. The van der Waals surface area contributed by atoms with Gasteiger partial charge in [0.05, 0.1) is 24.9 Å². The van der Waals surface area contributed by atoms with Crippen molar-refractivity contribution < 1.29 is 18.6 Å². The Bertz CT molecular complexity index is 1490. The number of nitrogens with one attached hydrogen (secondary N) is 1. The number of halogens is 2. The minimum Gasteiger partial charge on any atom is -0.503 e. The number of hydrogen-bond acceptors (Lipinski definition) is 8. The fourth-order valence-corrected chi connectivity index (χ4v) is 3.61. The highest BCUT2D eigenvalue weighted by Crippen LogP contribution is 2.31. The summed E-state index contributed by atoms with van der Waals surface area (Å²) in [6.07, 6.45) is 4.14. The van der Waals surface area contributed by atoms with Crippen molar-refractivity contribution in [3.8, 4) is 23.0 Å². The Balaban J connectivity index is 1.55. The molecule has 0 radical (unpaired) electrons. The van der Waals surface area contributed by atoms with Crippen LogP contribution in [0.25, 0.3) is 22.4 Å². The highest BCUT2D eigenvalue weighted by Gasteiger charge is 2.19. The van der Waals surface area contributed by atoms with Gasteiger partial charge in [0.1, 0.15) is 35.2 Å². The highest BCUT2D eigenvalue weighted by molar-refractivity contribution is 5.92. The number of para-hydroxylation sites is 1. The summed E-state index contributed by atoms with van der Waals surface area (Å²) in [5.41, 5.74) is 0.876. The standard InChI is InChI=1S/C24H19F2N7O2/c1-2-35-14-9-17(25)16(18(26)10-14)12-33-19-6-4-3-5-15(19)22(32-33)24-28-11-20(34)23(31-24)30-21-7-8-27-13-29-21/h3-11,13,34H,2,12H2,1H3,(H,27,28,29,30,31). The summed E-state index contributed by atoms with van der Waals surface area (Å²) in [5.74, 6) is -0.763. The topological polar surface area (TPSA) is 111 Å². The molecule has 0 saturated carbocycles. The molecule has 0 spiro atoms. The van der Waals surface area contributed by atoms with E-state index in [-0.39, 0.29) is 35.2 Å². The van der Waals surface area contributed by atoms with Crippen molar-refractivity contribution in [1.29, 1.82) is 0 Å². The van der Waals surface area contributed by atoms with E-state index < -0.39 is 11.6 Å². The normalized spacial score (nSPS) is 11.1. The molecule has 9 nitrogen and oxygen atoms in total. The molecule has 0 atom stereocenters. The predicted molar refractivity (Wildman–Crippen MR) is 124 cm³/mol. The van der Waals surface area contributed by atoms with E-state index in [0.717, 1.165) is 12.1 Å². The van der Waals surface area contributed by atoms with Gasteiger partial charge in [0, 0.05) is 29.3 Å². The highest BCUT2D eigenvalue weighted by atomic mass is 19.1. The molecule has 0 unspecified atom stereocenters. The van der Waals surface area contributed by atoms with Crippen molar-refractivity contribution >= 4 is 22.5 Å². The minimum absolute atomic E-state index is 0.121. The maximum atomic E-state index is 14.7. The quantitative estimate of drug-likeness (QED) is 0.355. The number of aromatic hydroxyl groups is 1. The van der Waals surface area contributed by atoms with Gasteiger partial charge in [0.25, 0.3) is 0 Å². The number of anilines is 2. The number of benzene rings is 2. The molecule has 5 aromatic rings. The van der Waals surface area contributed by atoms with Crippen LogP contribution in [0.3, 0.4) is 0 Å². The van der Waals surface area contributed by atoms with E-state index in [2.05, 4.69) is 30.4 Å². The second-order valence-electron chi connectivity index (χ2n) is 7.47. The Hall–Kier alpha value is -4.67. The summed E-state index contributed by atoms with van der Waals surface area (Å²) in [7, 11) is 0. The molecule has 11 heteroatoms. The summed E-state index contributed by atoms with van der Waals surface area (Å²) < 4.78 is 36.1. The largest absolute Gasteiger partial charge is 0.503 e. The maximum absolute atomic E-state index is 14.7. The molecule has 2 aromatic carbocycles. The smallest absolute Gasteiger partial charge is 0.183 e. The molecule has 176 valence electrons. The zero-order valence-electron chi connectivity index (χ0n) is 18.5. The fourth-order valence-electron chi connectivity index (χ4n) is 3.61. The first kappa shape index (κ1) is 22.1. The van der Waals surface area contributed by atoms with Crippen molar-refractivity contribution in [2.45, 2.75) is 13.5 Å². The average molecular weight is 475 g/mol. The van der Waals surface area contributed by atoms with Gasteiger partial charge in [-0.3, -0.25) is 4.68 Å². The van der Waals surface area contributed by atoms with Crippen LogP contribution in [0.5, 0.6) is 11.5 Å². The molecule has 0 saturated heterocycles. The second-order valence-corrected chi connectivity index (χ2v) is 7.47. The van der Waals surface area contributed by atoms with Crippen LogP contribution in [0.15, 0.2) is 61.2 Å². The first-order chi connectivity index (χ1) is 17.0. The molecule has 0 fully saturated rings. The van der Waals surface area contributed by atoms with Gasteiger partial charge in [-0.05, 0) is 19.1 Å². The van der Waals surface area contributed by atoms with Crippen LogP contribution in [0, 0.1) is 11.6 Å². The van der Waals surface area contributed by atoms with Crippen molar-refractivity contribution in [2.24, 2.45) is 0 Å². The number of rotatable bonds is 7. The number of aromatic nitrogens is 6. The Labute approximate surface area is 198 Å². The number of fused-ring (bicyclic) bond motifs is 1. The van der Waals surface area contributed by atoms with E-state index in [1.54, 1.807) is 31.3 Å². The van der Waals surface area contributed by atoms with Gasteiger partial charge in [0.2, 0.25) is 0 Å². The average Bonchev–Trinajstić information content (AvgIpc) is 3.22. The molecular weight excluding hydrogens is 456 g/mol. The Morgan fingerprint density at radius 1 is 1.09 bits per heavy atom. The van der Waals surface area contributed by atoms with Crippen LogP contribution in [-0.4, -0.2) is 41.4 Å². The first-order valence-electron chi connectivity index (χ1n) is 10.7. The van der Waals surface area contributed by atoms with E-state index in [0.29, 0.717) is 29.0 Å². The van der Waals surface area contributed by atoms with E-state index in [9.17, 15) is 13.9 Å². The van der Waals surface area contributed by atoms with Gasteiger partial charge in [-0.25, -0.2) is 28.7 Å². The predicted octanol–water partition coefficient (Wildman–Crippen LogP) is 4.46. The number of nitrogens with zero attached hydrogens (tertiary/aromatic N) is 6. The third kappa shape index (κ3) is 4.43. The van der Waals surface area contributed by atoms with Crippen LogP contribution in [-0.2, 0) is 6.54 Å². The summed E-state index contributed by atoms with van der Waals surface area (Å²) in [6, 6.07) is 11.1. The van der Waals surface area contributed by atoms with Crippen LogP contribution < -0.4 is 10.1 Å². The lowest BCUT2D eigenvalue weighted by Gasteiger charge is -2.10. The van der Waals surface area contributed by atoms with Crippen molar-refractivity contribution in [2.75, 3.05) is 11.9 Å². The van der Waals surface area contributed by atoms with Crippen LogP contribution in [0.4, 0.5) is 20.4 Å². The van der Waals surface area contributed by atoms with E-state index in [4.69, 9.17) is 4.74 Å². The lowest BCUT2D eigenvalue weighted by Crippen LogP contribution is -2.07. The maximum Gasteiger partial charge on any atom is 0.183 e. The minimum atomic E-state index is -0.730. The Morgan fingerprint density at radius 3 is 2.63 bits per heavy atom. The first-order valence-corrected chi connectivity index (χ1v) is 10.7. The van der Waals surface area contributed by atoms with Crippen molar-refractivity contribution in [3.63, 3.8) is 0 Å². The third-order valence-corrected chi connectivity index (χ3v) is 5.20. The van der Waals surface area contributed by atoms with Crippen molar-refractivity contribution in [3.05, 3.63) is 78.4 Å². The van der Waals surface area contributed by atoms with Gasteiger partial charge < -0.3 is 15.2 Å². The molecule has 0 aliphatic rings. The van der Waals surface area contributed by atoms with Gasteiger partial charge in [0.15, 0.2) is 17.4 Å². The van der Waals surface area contributed by atoms with Gasteiger partial charge in [-0.15, -0.1) is 0 Å². The monoisotopic (exact) mass is 475 g/mol. The molecule has 5 rings (SSSR count). The SMILES string of the molecule is CCOc1cc(F)c(Cn2nc(-c3ncc(O)c(Nc4ccncn4)n3)c3ccccc32)c(F)c1. The molecule has 3 aromatic heterocycles. The molecule has 3 heterocycles. The number of hydrogen-bond donors (Lipinski definition) is 2. The van der Waals surface area contributed by atoms with Crippen LogP contribution >= 0.6 is 0 Å².